The lowest BCUT2D eigenvalue weighted by atomic mass is 10.3. The topological polar surface area (TPSA) is 70.3 Å². The minimum absolute atomic E-state index is 1.20. The Morgan fingerprint density at radius 3 is 1.47 bits per heavy atom. The molecule has 8 nitrogen and oxygen atoms in total. The van der Waals surface area contributed by atoms with E-state index in [1.54, 1.807) is 0 Å². The highest BCUT2D eigenvalue weighted by molar-refractivity contribution is 4.72. The van der Waals surface area contributed by atoms with Crippen LogP contribution < -0.4 is 0 Å². The molecular weight excluding hydrogens is 202 g/mol. The molecule has 0 aromatic rings. The lowest BCUT2D eigenvalue weighted by Crippen LogP contribution is -2.77. The van der Waals surface area contributed by atoms with Gasteiger partial charge in [-0.2, -0.15) is 0 Å². The van der Waals surface area contributed by atoms with Gasteiger partial charge in [-0.15, -0.1) is 0 Å². The molecule has 0 aromatic heterocycles. The second-order valence-corrected chi connectivity index (χ2v) is 4.73. The minimum atomic E-state index is -1.25. The van der Waals surface area contributed by atoms with E-state index < -0.39 is 5.09 Å². The summed E-state index contributed by atoms with van der Waals surface area (Å²) in [5.41, 5.74) is 0. The molecule has 0 atom stereocenters. The molecule has 0 saturated carbocycles. The molecule has 4 rings (SSSR count). The quantitative estimate of drug-likeness (QED) is 0.388. The van der Waals surface area contributed by atoms with Crippen molar-refractivity contribution in [3.8, 4) is 0 Å². The van der Waals surface area contributed by atoms with E-state index in [1.807, 2.05) is 0 Å². The Morgan fingerprint density at radius 1 is 1.00 bits per heavy atom. The van der Waals surface area contributed by atoms with E-state index in [0.29, 0.717) is 0 Å². The first-order valence-corrected chi connectivity index (χ1v) is 4.82. The van der Waals surface area contributed by atoms with Crippen molar-refractivity contribution in [2.75, 3.05) is 47.1 Å². The Morgan fingerprint density at radius 2 is 1.27 bits per heavy atom. The van der Waals surface area contributed by atoms with E-state index in [9.17, 15) is 0 Å². The van der Waals surface area contributed by atoms with Crippen LogP contribution in [0.2, 0.25) is 0 Å². The van der Waals surface area contributed by atoms with Gasteiger partial charge in [-0.3, -0.25) is 4.48 Å². The maximum atomic E-state index is 8.47. The average molecular weight is 219 g/mol. The van der Waals surface area contributed by atoms with Crippen molar-refractivity contribution in [2.45, 2.75) is 0 Å². The van der Waals surface area contributed by atoms with E-state index in [-0.39, 0.29) is 0 Å². The molecule has 4 aliphatic heterocycles. The summed E-state index contributed by atoms with van der Waals surface area (Å²) in [7, 11) is 2.35. The number of hydrogen-bond donors (Lipinski definition) is 2. The molecule has 0 amide bonds. The molecule has 0 spiro atoms. The largest absolute Gasteiger partial charge is 0.472 e. The van der Waals surface area contributed by atoms with Crippen molar-refractivity contribution in [2.24, 2.45) is 0 Å². The Hall–Kier alpha value is -0.960. The molecule has 0 aliphatic carbocycles. The second-order valence-electron chi connectivity index (χ2n) is 4.73. The van der Waals surface area contributed by atoms with Crippen LogP contribution in [0.5, 0.6) is 0 Å². The second kappa shape index (κ2) is 3.56. The van der Waals surface area contributed by atoms with E-state index in [2.05, 4.69) is 21.7 Å². The fourth-order valence-corrected chi connectivity index (χ4v) is 2.83. The van der Waals surface area contributed by atoms with Crippen LogP contribution in [0, 0.1) is 4.91 Å². The van der Waals surface area contributed by atoms with Gasteiger partial charge in [0.1, 0.15) is 24.9 Å². The fraction of sp³-hybridized carbons (Fsp3) is 1.00. The zero-order valence-electron chi connectivity index (χ0n) is 8.78. The van der Waals surface area contributed by atoms with Crippen molar-refractivity contribution >= 4 is 0 Å². The molecule has 0 radical (unpaired) electrons. The summed E-state index contributed by atoms with van der Waals surface area (Å²) in [6, 6.07) is 0. The van der Waals surface area contributed by atoms with Crippen molar-refractivity contribution in [3.05, 3.63) is 4.91 Å². The third kappa shape index (κ3) is 2.34. The van der Waals surface area contributed by atoms with Gasteiger partial charge in [0, 0.05) is 0 Å². The Balaban J connectivity index is 0.000000188. The van der Waals surface area contributed by atoms with Gasteiger partial charge in [-0.1, -0.05) is 0 Å². The summed E-state index contributed by atoms with van der Waals surface area (Å²) in [6.45, 7) is 7.37. The van der Waals surface area contributed by atoms with Crippen LogP contribution in [-0.4, -0.2) is 81.7 Å². The van der Waals surface area contributed by atoms with Crippen LogP contribution in [-0.2, 0) is 0 Å². The van der Waals surface area contributed by atoms with Gasteiger partial charge in [-0.05, 0) is 0 Å². The number of quaternary nitrogens is 1. The Bertz CT molecular complexity index is 232. The highest BCUT2D eigenvalue weighted by atomic mass is 16.9. The molecule has 0 aromatic carbocycles. The highest BCUT2D eigenvalue weighted by Crippen LogP contribution is 2.25. The number of hydrogen-bond acceptors (Lipinski definition) is 4. The van der Waals surface area contributed by atoms with E-state index in [4.69, 9.17) is 15.3 Å². The number of rotatable bonds is 0. The van der Waals surface area contributed by atoms with Crippen molar-refractivity contribution in [3.63, 3.8) is 0 Å². The Labute approximate surface area is 87.6 Å². The fourth-order valence-electron chi connectivity index (χ4n) is 2.83. The molecule has 4 aliphatic rings. The van der Waals surface area contributed by atoms with Crippen molar-refractivity contribution < 1.29 is 20.0 Å². The van der Waals surface area contributed by atoms with Crippen LogP contribution in [0.1, 0.15) is 0 Å². The van der Waals surface area contributed by atoms with Crippen LogP contribution in [0.25, 0.3) is 0 Å². The maximum absolute atomic E-state index is 8.47. The maximum Gasteiger partial charge on any atom is 0.472 e. The standard InChI is InChI=1S/C7H15N4.H2NO3/c1-11-5-8-2-9(6-11)4-10(3-8)7-11;2-1(3)4/h2-7H2,1H3;(H2,2,3,4)/q2*+1. The van der Waals surface area contributed by atoms with E-state index in [1.165, 1.54) is 44.5 Å². The molecule has 2 N–H and O–H groups in total. The van der Waals surface area contributed by atoms with Gasteiger partial charge < -0.3 is 0 Å². The molecule has 4 heterocycles. The first-order chi connectivity index (χ1) is 6.97. The molecular formula is C7H17N5O3+2. The third-order valence-electron chi connectivity index (χ3n) is 2.82. The molecule has 4 fully saturated rings. The third-order valence-corrected chi connectivity index (χ3v) is 2.82. The van der Waals surface area contributed by atoms with E-state index >= 15 is 0 Å². The smallest absolute Gasteiger partial charge is 0.288 e. The summed E-state index contributed by atoms with van der Waals surface area (Å²) >= 11 is 0. The molecule has 4 saturated heterocycles. The predicted molar refractivity (Wildman–Crippen MR) is 48.1 cm³/mol. The van der Waals surface area contributed by atoms with Crippen molar-refractivity contribution in [1.29, 1.82) is 0 Å². The monoisotopic (exact) mass is 219 g/mol. The van der Waals surface area contributed by atoms with Crippen LogP contribution >= 0.6 is 0 Å². The predicted octanol–water partition coefficient (Wildman–Crippen LogP) is -1.33. The zero-order valence-corrected chi connectivity index (χ0v) is 8.78. The van der Waals surface area contributed by atoms with Crippen LogP contribution in [0.4, 0.5) is 0 Å². The van der Waals surface area contributed by atoms with Gasteiger partial charge in [-0.25, -0.2) is 25.1 Å². The van der Waals surface area contributed by atoms with Crippen LogP contribution in [0.3, 0.4) is 0 Å². The summed E-state index contributed by atoms with van der Waals surface area (Å²) in [5, 5.41) is 12.5. The van der Waals surface area contributed by atoms with Gasteiger partial charge in [0.25, 0.3) is 0 Å². The molecule has 15 heavy (non-hydrogen) atoms. The van der Waals surface area contributed by atoms with Gasteiger partial charge >= 0.3 is 5.09 Å². The minimum Gasteiger partial charge on any atom is -0.288 e. The van der Waals surface area contributed by atoms with Crippen molar-refractivity contribution in [1.82, 2.24) is 14.7 Å². The van der Waals surface area contributed by atoms with Gasteiger partial charge in [0.15, 0.2) is 0 Å². The average Bonchev–Trinajstić information content (AvgIpc) is 1.96. The zero-order chi connectivity index (χ0) is 11.1. The number of nitrogens with zero attached hydrogens (tertiary/aromatic N) is 5. The van der Waals surface area contributed by atoms with Gasteiger partial charge in [0.2, 0.25) is 0 Å². The summed E-state index contributed by atoms with van der Waals surface area (Å²) in [6.07, 6.45) is 0. The molecule has 8 heteroatoms. The first kappa shape index (κ1) is 10.6. The summed E-state index contributed by atoms with van der Waals surface area (Å²) in [4.78, 5) is 16.0. The van der Waals surface area contributed by atoms with Gasteiger partial charge in [0.05, 0.1) is 27.1 Å². The van der Waals surface area contributed by atoms with Crippen LogP contribution in [0.15, 0.2) is 0 Å². The summed E-state index contributed by atoms with van der Waals surface area (Å²) < 4.78 is 1.21. The molecule has 0 unspecified atom stereocenters. The van der Waals surface area contributed by atoms with E-state index in [0.717, 1.165) is 0 Å². The normalized spacial score (nSPS) is 45.8. The lowest BCUT2D eigenvalue weighted by Gasteiger charge is -2.59. The lowest BCUT2D eigenvalue weighted by molar-refractivity contribution is -0.969. The molecule has 86 valence electrons. The summed E-state index contributed by atoms with van der Waals surface area (Å²) in [5.74, 6) is 0. The first-order valence-electron chi connectivity index (χ1n) is 4.82. The Kier molecular flexibility index (Phi) is 2.51. The molecule has 4 bridgehead atoms. The SMILES string of the molecule is C[N+]12CN3CN(CN(C3)C1)C2.O=[N+](O)O. The highest BCUT2D eigenvalue weighted by Gasteiger charge is 2.45.